The van der Waals surface area contributed by atoms with Crippen molar-refractivity contribution in [3.8, 4) is 0 Å². The minimum absolute atomic E-state index is 0.194. The van der Waals surface area contributed by atoms with E-state index in [1.54, 1.807) is 35.3 Å². The lowest BCUT2D eigenvalue weighted by Gasteiger charge is -2.07. The Kier molecular flexibility index (Phi) is 5.19. The van der Waals surface area contributed by atoms with Gasteiger partial charge in [0.1, 0.15) is 0 Å². The predicted octanol–water partition coefficient (Wildman–Crippen LogP) is 3.30. The van der Waals surface area contributed by atoms with Gasteiger partial charge in [0.15, 0.2) is 11.5 Å². The number of anilines is 1. The van der Waals surface area contributed by atoms with Gasteiger partial charge in [0.05, 0.1) is 36.7 Å². The van der Waals surface area contributed by atoms with E-state index in [9.17, 15) is 9.59 Å². The number of amides is 1. The molecule has 0 atom stereocenters. The maximum absolute atomic E-state index is 12.6. The maximum atomic E-state index is 12.6. The first-order valence-electron chi connectivity index (χ1n) is 10.2. The van der Waals surface area contributed by atoms with Gasteiger partial charge in [-0.25, -0.2) is 14.6 Å². The monoisotopic (exact) mass is 438 g/mol. The minimum atomic E-state index is -0.961. The molecule has 0 fully saturated rings. The van der Waals surface area contributed by atoms with Crippen LogP contribution in [-0.4, -0.2) is 41.7 Å². The molecular weight excluding hydrogens is 420 g/mol. The van der Waals surface area contributed by atoms with E-state index in [1.165, 1.54) is 6.20 Å². The number of carbonyl (C=O) groups excluding carboxylic acids is 1. The zero-order chi connectivity index (χ0) is 22.8. The average molecular weight is 438 g/mol. The number of carbonyl (C=O) groups is 2. The Hall–Kier alpha value is -4.66. The average Bonchev–Trinajstić information content (AvgIpc) is 3.16. The van der Waals surface area contributed by atoms with Crippen molar-refractivity contribution in [2.45, 2.75) is 13.0 Å². The third-order valence-electron chi connectivity index (χ3n) is 5.17. The summed E-state index contributed by atoms with van der Waals surface area (Å²) in [5.41, 5.74) is 2.14. The number of rotatable bonds is 6. The number of aliphatic carboxylic acids is 1. The zero-order valence-corrected chi connectivity index (χ0v) is 17.3. The van der Waals surface area contributed by atoms with Crippen molar-refractivity contribution in [2.75, 3.05) is 5.32 Å². The minimum Gasteiger partial charge on any atom is -0.481 e. The van der Waals surface area contributed by atoms with Crippen LogP contribution in [0.25, 0.3) is 21.8 Å². The molecule has 2 N–H and O–H groups in total. The Bertz CT molecular complexity index is 1490. The molecule has 0 spiro atoms. The van der Waals surface area contributed by atoms with Crippen molar-refractivity contribution < 1.29 is 14.7 Å². The number of nitrogens with zero attached hydrogens (tertiary/aromatic N) is 5. The Morgan fingerprint density at radius 2 is 1.79 bits per heavy atom. The molecule has 5 rings (SSSR count). The van der Waals surface area contributed by atoms with Gasteiger partial charge in [-0.2, -0.15) is 5.10 Å². The molecule has 0 unspecified atom stereocenters. The number of pyridine rings is 1. The summed E-state index contributed by atoms with van der Waals surface area (Å²) in [5.74, 6) is -0.910. The number of fused-ring (bicyclic) bond motifs is 2. The number of carboxylic acid groups (broad SMARTS) is 1. The van der Waals surface area contributed by atoms with E-state index in [-0.39, 0.29) is 18.9 Å². The van der Waals surface area contributed by atoms with E-state index in [4.69, 9.17) is 5.11 Å². The second kappa shape index (κ2) is 8.46. The van der Waals surface area contributed by atoms with Crippen LogP contribution < -0.4 is 5.32 Å². The van der Waals surface area contributed by atoms with Crippen molar-refractivity contribution in [3.63, 3.8) is 0 Å². The molecule has 9 nitrogen and oxygen atoms in total. The molecular formula is C24H18N6O3. The fourth-order valence-electron chi connectivity index (χ4n) is 3.63. The van der Waals surface area contributed by atoms with Gasteiger partial charge in [0.25, 0.3) is 5.91 Å². The van der Waals surface area contributed by atoms with Crippen molar-refractivity contribution in [1.29, 1.82) is 0 Å². The second-order valence-electron chi connectivity index (χ2n) is 7.46. The summed E-state index contributed by atoms with van der Waals surface area (Å²) in [7, 11) is 0. The first kappa shape index (κ1) is 20.3. The van der Waals surface area contributed by atoms with E-state index in [1.807, 2.05) is 36.4 Å². The number of hydrogen-bond acceptors (Lipinski definition) is 6. The smallest absolute Gasteiger partial charge is 0.309 e. The van der Waals surface area contributed by atoms with Crippen molar-refractivity contribution in [1.82, 2.24) is 24.7 Å². The molecule has 0 aliphatic heterocycles. The fraction of sp³-hybridized carbons (Fsp3) is 0.0833. The van der Waals surface area contributed by atoms with Crippen LogP contribution >= 0.6 is 0 Å². The van der Waals surface area contributed by atoms with Crippen LogP contribution in [0.2, 0.25) is 0 Å². The first-order chi connectivity index (χ1) is 16.1. The third kappa shape index (κ3) is 4.24. The van der Waals surface area contributed by atoms with Gasteiger partial charge in [-0.1, -0.05) is 30.3 Å². The molecule has 5 aromatic rings. The largest absolute Gasteiger partial charge is 0.481 e. The molecule has 0 saturated carbocycles. The lowest BCUT2D eigenvalue weighted by Crippen LogP contribution is -2.14. The molecule has 0 aliphatic carbocycles. The molecule has 0 aliphatic rings. The Morgan fingerprint density at radius 1 is 0.939 bits per heavy atom. The molecule has 33 heavy (non-hydrogen) atoms. The van der Waals surface area contributed by atoms with Crippen LogP contribution in [0, 0.1) is 0 Å². The number of nitrogens with one attached hydrogen (secondary N) is 1. The molecule has 0 radical (unpaired) electrons. The molecule has 162 valence electrons. The van der Waals surface area contributed by atoms with Gasteiger partial charge in [-0.15, -0.1) is 0 Å². The number of hydrogen-bond donors (Lipinski definition) is 2. The summed E-state index contributed by atoms with van der Waals surface area (Å²) in [6.07, 6.45) is 4.46. The van der Waals surface area contributed by atoms with Crippen LogP contribution in [0.3, 0.4) is 0 Å². The third-order valence-corrected chi connectivity index (χ3v) is 5.17. The van der Waals surface area contributed by atoms with E-state index >= 15 is 0 Å². The molecule has 0 bridgehead atoms. The predicted molar refractivity (Wildman–Crippen MR) is 122 cm³/mol. The fourth-order valence-corrected chi connectivity index (χ4v) is 3.63. The highest BCUT2D eigenvalue weighted by molar-refractivity contribution is 6.06. The van der Waals surface area contributed by atoms with Gasteiger partial charge in [0.2, 0.25) is 0 Å². The standard InChI is InChI=1S/C24H18N6O3/c31-22(32)11-20-19-6-3-9-25-23(19)30(29-20)14-18-12-27-21(13-26-18)28-24(33)17-8-7-15-4-1-2-5-16(15)10-17/h1-10,12-13H,11,14H2,(H,31,32)(H,27,28,33). The van der Waals surface area contributed by atoms with Crippen LogP contribution in [0.5, 0.6) is 0 Å². The van der Waals surface area contributed by atoms with E-state index < -0.39 is 5.97 Å². The summed E-state index contributed by atoms with van der Waals surface area (Å²) in [6.45, 7) is 0.263. The molecule has 1 amide bonds. The second-order valence-corrected chi connectivity index (χ2v) is 7.46. The van der Waals surface area contributed by atoms with Gasteiger partial charge >= 0.3 is 5.97 Å². The van der Waals surface area contributed by atoms with Crippen LogP contribution in [0.15, 0.2) is 73.2 Å². The van der Waals surface area contributed by atoms with Crippen LogP contribution in [0.4, 0.5) is 5.82 Å². The van der Waals surface area contributed by atoms with Gasteiger partial charge in [0, 0.05) is 17.1 Å². The van der Waals surface area contributed by atoms with Crippen molar-refractivity contribution in [2.24, 2.45) is 0 Å². The molecule has 0 saturated heterocycles. The molecule has 3 heterocycles. The first-order valence-corrected chi connectivity index (χ1v) is 10.2. The topological polar surface area (TPSA) is 123 Å². The zero-order valence-electron chi connectivity index (χ0n) is 17.3. The lowest BCUT2D eigenvalue weighted by atomic mass is 10.1. The molecule has 9 heteroatoms. The summed E-state index contributed by atoms with van der Waals surface area (Å²) in [4.78, 5) is 36.7. The molecule has 3 aromatic heterocycles. The maximum Gasteiger partial charge on any atom is 0.309 e. The molecule has 2 aromatic carbocycles. The highest BCUT2D eigenvalue weighted by Gasteiger charge is 2.15. The SMILES string of the molecule is O=C(O)Cc1nn(Cc2cnc(NC(=O)c3ccc4ccccc4c3)cn2)c2ncccc12. The van der Waals surface area contributed by atoms with Gasteiger partial charge < -0.3 is 10.4 Å². The van der Waals surface area contributed by atoms with Crippen molar-refractivity contribution >= 4 is 39.5 Å². The number of benzene rings is 2. The summed E-state index contributed by atoms with van der Waals surface area (Å²) < 4.78 is 1.60. The van der Waals surface area contributed by atoms with E-state index in [0.717, 1.165) is 10.8 Å². The highest BCUT2D eigenvalue weighted by Crippen LogP contribution is 2.19. The quantitative estimate of drug-likeness (QED) is 0.417. The lowest BCUT2D eigenvalue weighted by molar-refractivity contribution is -0.136. The van der Waals surface area contributed by atoms with Crippen LogP contribution in [-0.2, 0) is 17.8 Å². The Balaban J connectivity index is 1.32. The summed E-state index contributed by atoms with van der Waals surface area (Å²) in [6, 6.07) is 16.9. The van der Waals surface area contributed by atoms with Gasteiger partial charge in [-0.3, -0.25) is 14.6 Å². The van der Waals surface area contributed by atoms with E-state index in [2.05, 4.69) is 25.4 Å². The number of aromatic nitrogens is 5. The van der Waals surface area contributed by atoms with Crippen molar-refractivity contribution in [3.05, 3.63) is 90.1 Å². The van der Waals surface area contributed by atoms with Gasteiger partial charge in [-0.05, 0) is 35.0 Å². The highest BCUT2D eigenvalue weighted by atomic mass is 16.4. The number of carboxylic acids is 1. The summed E-state index contributed by atoms with van der Waals surface area (Å²) in [5, 5.41) is 19.0. The normalized spacial score (nSPS) is 11.0. The Labute approximate surface area is 187 Å². The summed E-state index contributed by atoms with van der Waals surface area (Å²) >= 11 is 0. The van der Waals surface area contributed by atoms with E-state index in [0.29, 0.717) is 33.8 Å². The van der Waals surface area contributed by atoms with Crippen LogP contribution in [0.1, 0.15) is 21.7 Å². The Morgan fingerprint density at radius 3 is 2.58 bits per heavy atom.